The molecule has 2 amide bonds. The van der Waals surface area contributed by atoms with Gasteiger partial charge in [-0.25, -0.2) is 8.42 Å². The molecule has 3 aromatic rings. The van der Waals surface area contributed by atoms with Gasteiger partial charge >= 0.3 is 0 Å². The molecule has 0 bridgehead atoms. The number of carbonyl (C=O) groups is 2. The number of aryl methyl sites for hydroxylation is 2. The van der Waals surface area contributed by atoms with Gasteiger partial charge in [0.1, 0.15) is 12.6 Å². The second-order valence-corrected chi connectivity index (χ2v) is 11.4. The van der Waals surface area contributed by atoms with E-state index in [0.29, 0.717) is 21.3 Å². The van der Waals surface area contributed by atoms with E-state index in [2.05, 4.69) is 5.32 Å². The summed E-state index contributed by atoms with van der Waals surface area (Å²) in [5.74, 6) is -0.930. The number of carbonyl (C=O) groups excluding carboxylic acids is 2. The van der Waals surface area contributed by atoms with Gasteiger partial charge in [-0.1, -0.05) is 41.4 Å². The van der Waals surface area contributed by atoms with E-state index < -0.39 is 28.5 Å². The van der Waals surface area contributed by atoms with E-state index in [1.807, 2.05) is 13.8 Å². The van der Waals surface area contributed by atoms with Crippen LogP contribution >= 0.6 is 23.2 Å². The first kappa shape index (κ1) is 28.5. The van der Waals surface area contributed by atoms with Crippen molar-refractivity contribution in [3.8, 4) is 0 Å². The van der Waals surface area contributed by atoms with Crippen molar-refractivity contribution in [2.24, 2.45) is 0 Å². The molecule has 1 N–H and O–H groups in total. The van der Waals surface area contributed by atoms with Crippen LogP contribution < -0.4 is 9.62 Å². The first-order valence-electron chi connectivity index (χ1n) is 11.5. The number of hydrogen-bond acceptors (Lipinski definition) is 4. The second kappa shape index (κ2) is 12.0. The van der Waals surface area contributed by atoms with Crippen LogP contribution in [-0.2, 0) is 26.2 Å². The molecule has 0 aliphatic heterocycles. The first-order valence-corrected chi connectivity index (χ1v) is 13.7. The van der Waals surface area contributed by atoms with Gasteiger partial charge in [0, 0.05) is 23.6 Å². The predicted octanol–water partition coefficient (Wildman–Crippen LogP) is 4.97. The van der Waals surface area contributed by atoms with Crippen molar-refractivity contribution in [3.63, 3.8) is 0 Å². The molecule has 0 radical (unpaired) electrons. The van der Waals surface area contributed by atoms with Crippen LogP contribution in [0.1, 0.15) is 23.6 Å². The van der Waals surface area contributed by atoms with Crippen LogP contribution in [0.15, 0.2) is 71.6 Å². The summed E-state index contributed by atoms with van der Waals surface area (Å²) in [4.78, 5) is 27.6. The Morgan fingerprint density at radius 1 is 0.919 bits per heavy atom. The number of anilines is 1. The van der Waals surface area contributed by atoms with E-state index in [1.54, 1.807) is 49.4 Å². The molecule has 0 heterocycles. The lowest BCUT2D eigenvalue weighted by Gasteiger charge is -2.32. The van der Waals surface area contributed by atoms with E-state index in [4.69, 9.17) is 23.2 Å². The molecular formula is C27H29Cl2N3O4S. The van der Waals surface area contributed by atoms with Gasteiger partial charge in [-0.3, -0.25) is 13.9 Å². The molecule has 0 spiro atoms. The van der Waals surface area contributed by atoms with Gasteiger partial charge in [0.05, 0.1) is 10.6 Å². The molecule has 0 unspecified atom stereocenters. The zero-order valence-corrected chi connectivity index (χ0v) is 23.4. The van der Waals surface area contributed by atoms with Crippen LogP contribution in [0.3, 0.4) is 0 Å². The Morgan fingerprint density at radius 2 is 1.59 bits per heavy atom. The molecular weight excluding hydrogens is 533 g/mol. The Labute approximate surface area is 228 Å². The largest absolute Gasteiger partial charge is 0.357 e. The number of likely N-dealkylation sites (N-methyl/N-ethyl adjacent to an activating group) is 1. The van der Waals surface area contributed by atoms with Crippen molar-refractivity contribution in [1.82, 2.24) is 10.2 Å². The summed E-state index contributed by atoms with van der Waals surface area (Å²) in [5, 5.41) is 3.43. The first-order chi connectivity index (χ1) is 17.4. The second-order valence-electron chi connectivity index (χ2n) is 8.68. The number of hydrogen-bond donors (Lipinski definition) is 1. The molecule has 1 atom stereocenters. The molecule has 10 heteroatoms. The summed E-state index contributed by atoms with van der Waals surface area (Å²) in [7, 11) is -2.68. The van der Waals surface area contributed by atoms with Gasteiger partial charge in [0.2, 0.25) is 11.8 Å². The molecule has 196 valence electrons. The summed E-state index contributed by atoms with van der Waals surface area (Å²) in [5.41, 5.74) is 2.89. The monoisotopic (exact) mass is 561 g/mol. The van der Waals surface area contributed by atoms with Crippen LogP contribution in [0.4, 0.5) is 5.69 Å². The number of rotatable bonds is 9. The van der Waals surface area contributed by atoms with Crippen LogP contribution in [-0.4, -0.2) is 44.8 Å². The molecule has 3 rings (SSSR count). The Bertz CT molecular complexity index is 1400. The Hall–Kier alpha value is -3.07. The van der Waals surface area contributed by atoms with Crippen LogP contribution in [0.2, 0.25) is 10.0 Å². The van der Waals surface area contributed by atoms with Crippen molar-refractivity contribution >= 4 is 50.7 Å². The minimum Gasteiger partial charge on any atom is -0.357 e. The van der Waals surface area contributed by atoms with Crippen LogP contribution in [0, 0.1) is 13.8 Å². The molecule has 0 aliphatic carbocycles. The summed E-state index contributed by atoms with van der Waals surface area (Å²) in [6.07, 6.45) is 0. The Kier molecular flexibility index (Phi) is 9.23. The van der Waals surface area contributed by atoms with Gasteiger partial charge in [-0.05, 0) is 86.0 Å². The third-order valence-corrected chi connectivity index (χ3v) is 8.39. The van der Waals surface area contributed by atoms with E-state index >= 15 is 0 Å². The van der Waals surface area contributed by atoms with Crippen molar-refractivity contribution in [2.45, 2.75) is 38.3 Å². The quantitative estimate of drug-likeness (QED) is 0.399. The smallest absolute Gasteiger partial charge is 0.264 e. The van der Waals surface area contributed by atoms with Gasteiger partial charge in [-0.2, -0.15) is 0 Å². The number of benzene rings is 3. The van der Waals surface area contributed by atoms with Crippen molar-refractivity contribution in [2.75, 3.05) is 17.9 Å². The molecule has 7 nitrogen and oxygen atoms in total. The van der Waals surface area contributed by atoms with Crippen LogP contribution in [0.5, 0.6) is 0 Å². The maximum Gasteiger partial charge on any atom is 0.264 e. The SMILES string of the molecule is CNC(=O)[C@H](C)N(Cc1cccc(Cl)c1)C(=O)CN(c1ccc(C)c(C)c1)S(=O)(=O)c1ccc(Cl)cc1. The van der Waals surface area contributed by atoms with Crippen molar-refractivity contribution in [1.29, 1.82) is 0 Å². The maximum absolute atomic E-state index is 13.8. The lowest BCUT2D eigenvalue weighted by molar-refractivity contribution is -0.139. The van der Waals surface area contributed by atoms with Gasteiger partial charge in [-0.15, -0.1) is 0 Å². The fraction of sp³-hybridized carbons (Fsp3) is 0.259. The molecule has 3 aromatic carbocycles. The van der Waals surface area contributed by atoms with E-state index in [-0.39, 0.29) is 17.3 Å². The third kappa shape index (κ3) is 6.83. The highest BCUT2D eigenvalue weighted by Gasteiger charge is 2.32. The molecule has 0 saturated carbocycles. The third-order valence-electron chi connectivity index (χ3n) is 6.11. The number of nitrogens with zero attached hydrogens (tertiary/aromatic N) is 2. The minimum atomic E-state index is -4.15. The molecule has 0 aromatic heterocycles. The summed E-state index contributed by atoms with van der Waals surface area (Å²) in [6, 6.07) is 17.0. The minimum absolute atomic E-state index is 0.0105. The molecule has 0 fully saturated rings. The molecule has 37 heavy (non-hydrogen) atoms. The van der Waals surface area contributed by atoms with Crippen LogP contribution in [0.25, 0.3) is 0 Å². The van der Waals surface area contributed by atoms with E-state index in [0.717, 1.165) is 15.4 Å². The lowest BCUT2D eigenvalue weighted by atomic mass is 10.1. The average Bonchev–Trinajstić information content (AvgIpc) is 2.86. The summed E-state index contributed by atoms with van der Waals surface area (Å²) in [6.45, 7) is 4.92. The van der Waals surface area contributed by atoms with E-state index in [1.165, 1.54) is 36.2 Å². The maximum atomic E-state index is 13.8. The number of amides is 2. The van der Waals surface area contributed by atoms with E-state index in [9.17, 15) is 18.0 Å². The fourth-order valence-electron chi connectivity index (χ4n) is 3.77. The summed E-state index contributed by atoms with van der Waals surface area (Å²) >= 11 is 12.1. The van der Waals surface area contributed by atoms with Gasteiger partial charge < -0.3 is 10.2 Å². The number of sulfonamides is 1. The summed E-state index contributed by atoms with van der Waals surface area (Å²) < 4.78 is 28.6. The fourth-order valence-corrected chi connectivity index (χ4v) is 5.51. The highest BCUT2D eigenvalue weighted by Crippen LogP contribution is 2.27. The topological polar surface area (TPSA) is 86.8 Å². The number of nitrogens with one attached hydrogen (secondary N) is 1. The predicted molar refractivity (Wildman–Crippen MR) is 147 cm³/mol. The number of halogens is 2. The zero-order chi connectivity index (χ0) is 27.3. The standard InChI is InChI=1S/C27H29Cl2N3O4S/c1-18-8-11-24(14-19(18)2)32(37(35,36)25-12-9-22(28)10-13-25)17-26(33)31(20(3)27(34)30-4)16-21-6-5-7-23(29)15-21/h5-15,20H,16-17H2,1-4H3,(H,30,34)/t20-/m0/s1. The highest BCUT2D eigenvalue weighted by molar-refractivity contribution is 7.92. The Balaban J connectivity index is 2.06. The average molecular weight is 563 g/mol. The zero-order valence-electron chi connectivity index (χ0n) is 21.0. The highest BCUT2D eigenvalue weighted by atomic mass is 35.5. The van der Waals surface area contributed by atoms with Crippen molar-refractivity contribution < 1.29 is 18.0 Å². The van der Waals surface area contributed by atoms with Gasteiger partial charge in [0.15, 0.2) is 0 Å². The molecule has 0 aliphatic rings. The van der Waals surface area contributed by atoms with Crippen molar-refractivity contribution in [3.05, 3.63) is 93.5 Å². The van der Waals surface area contributed by atoms with Gasteiger partial charge in [0.25, 0.3) is 10.0 Å². The lowest BCUT2D eigenvalue weighted by Crippen LogP contribution is -2.50. The normalized spacial score (nSPS) is 12.1. The Morgan fingerprint density at radius 3 is 2.19 bits per heavy atom. The molecule has 0 saturated heterocycles.